The van der Waals surface area contributed by atoms with Crippen LogP contribution in [0.15, 0.2) is 12.1 Å². The van der Waals surface area contributed by atoms with Crippen LogP contribution in [0, 0.1) is 5.41 Å². The summed E-state index contributed by atoms with van der Waals surface area (Å²) in [5, 5.41) is 9.34. The molecule has 0 bridgehead atoms. The molecule has 1 heterocycles. The Morgan fingerprint density at radius 3 is 2.64 bits per heavy atom. The van der Waals surface area contributed by atoms with E-state index in [1.165, 1.54) is 4.88 Å². The number of hydrogen-bond donors (Lipinski definition) is 2. The van der Waals surface area contributed by atoms with Crippen molar-refractivity contribution in [3.63, 3.8) is 0 Å². The Bertz CT molecular complexity index is 275. The molecule has 2 nitrogen and oxygen atoms in total. The van der Waals surface area contributed by atoms with Crippen molar-refractivity contribution >= 4 is 22.9 Å². The summed E-state index contributed by atoms with van der Waals surface area (Å²) in [7, 11) is 0. The minimum absolute atomic E-state index is 0.134. The van der Waals surface area contributed by atoms with Crippen molar-refractivity contribution in [1.29, 1.82) is 0 Å². The lowest BCUT2D eigenvalue weighted by Crippen LogP contribution is -2.35. The molecular weight excluding hydrogens is 218 g/mol. The van der Waals surface area contributed by atoms with Gasteiger partial charge in [0, 0.05) is 16.8 Å². The Hall–Kier alpha value is -0.0900. The molecule has 0 aliphatic rings. The molecule has 1 aromatic heterocycles. The van der Waals surface area contributed by atoms with Gasteiger partial charge in [0.25, 0.3) is 0 Å². The summed E-state index contributed by atoms with van der Waals surface area (Å²) in [6.45, 7) is 2.70. The van der Waals surface area contributed by atoms with Gasteiger partial charge in [-0.25, -0.2) is 0 Å². The first-order chi connectivity index (χ1) is 6.65. The van der Waals surface area contributed by atoms with Gasteiger partial charge in [0.1, 0.15) is 0 Å². The van der Waals surface area contributed by atoms with Crippen molar-refractivity contribution in [2.45, 2.75) is 19.8 Å². The van der Waals surface area contributed by atoms with Crippen LogP contribution in [0.25, 0.3) is 0 Å². The third-order valence-corrected chi connectivity index (χ3v) is 3.93. The van der Waals surface area contributed by atoms with Crippen LogP contribution in [0.4, 0.5) is 0 Å². The third-order valence-electron chi connectivity index (χ3n) is 2.70. The molecule has 0 saturated carbocycles. The first-order valence-corrected chi connectivity index (χ1v) is 5.90. The molecule has 0 aliphatic heterocycles. The zero-order valence-electron chi connectivity index (χ0n) is 8.29. The van der Waals surface area contributed by atoms with Crippen LogP contribution in [0.3, 0.4) is 0 Å². The average molecular weight is 234 g/mol. The Morgan fingerprint density at radius 1 is 1.57 bits per heavy atom. The molecule has 0 aliphatic carbocycles. The van der Waals surface area contributed by atoms with Gasteiger partial charge in [0.05, 0.1) is 10.9 Å². The molecule has 14 heavy (non-hydrogen) atoms. The van der Waals surface area contributed by atoms with Gasteiger partial charge in [0.15, 0.2) is 0 Å². The molecule has 3 N–H and O–H groups in total. The topological polar surface area (TPSA) is 46.2 Å². The zero-order chi connectivity index (χ0) is 10.6. The number of thiophene rings is 1. The van der Waals surface area contributed by atoms with Gasteiger partial charge in [-0.2, -0.15) is 0 Å². The molecular formula is C10H16ClNOS. The van der Waals surface area contributed by atoms with Crippen LogP contribution < -0.4 is 5.73 Å². The number of nitrogens with two attached hydrogens (primary N) is 1. The fraction of sp³-hybridized carbons (Fsp3) is 0.600. The van der Waals surface area contributed by atoms with E-state index < -0.39 is 0 Å². The fourth-order valence-electron chi connectivity index (χ4n) is 1.39. The minimum atomic E-state index is -0.172. The lowest BCUT2D eigenvalue weighted by atomic mass is 9.82. The van der Waals surface area contributed by atoms with Crippen LogP contribution in [0.2, 0.25) is 4.34 Å². The van der Waals surface area contributed by atoms with Gasteiger partial charge >= 0.3 is 0 Å². The lowest BCUT2D eigenvalue weighted by Gasteiger charge is -2.28. The monoisotopic (exact) mass is 233 g/mol. The van der Waals surface area contributed by atoms with Crippen LogP contribution >= 0.6 is 22.9 Å². The minimum Gasteiger partial charge on any atom is -0.396 e. The van der Waals surface area contributed by atoms with Crippen molar-refractivity contribution in [2.75, 3.05) is 13.2 Å². The molecule has 0 spiro atoms. The van der Waals surface area contributed by atoms with Crippen LogP contribution in [-0.4, -0.2) is 18.3 Å². The fourth-order valence-corrected chi connectivity index (χ4v) is 2.65. The summed E-state index contributed by atoms with van der Waals surface area (Å²) in [5.41, 5.74) is 5.52. The van der Waals surface area contributed by atoms with Crippen molar-refractivity contribution in [1.82, 2.24) is 0 Å². The van der Waals surface area contributed by atoms with Crippen molar-refractivity contribution in [3.8, 4) is 0 Å². The predicted molar refractivity (Wildman–Crippen MR) is 61.9 cm³/mol. The maximum absolute atomic E-state index is 9.34. The van der Waals surface area contributed by atoms with Crippen LogP contribution in [-0.2, 0) is 6.42 Å². The molecule has 0 amide bonds. The number of aliphatic hydroxyl groups excluding tert-OH is 1. The maximum Gasteiger partial charge on any atom is 0.0931 e. The van der Waals surface area contributed by atoms with E-state index in [0.717, 1.165) is 17.2 Å². The highest BCUT2D eigenvalue weighted by Gasteiger charge is 2.26. The quantitative estimate of drug-likeness (QED) is 0.820. The first kappa shape index (κ1) is 12.0. The van der Waals surface area contributed by atoms with Gasteiger partial charge in [0.2, 0.25) is 0 Å². The number of halogens is 1. The molecule has 1 rings (SSSR count). The smallest absolute Gasteiger partial charge is 0.0931 e. The summed E-state index contributed by atoms with van der Waals surface area (Å²) in [6, 6.07) is 3.89. The Kier molecular flexibility index (Phi) is 4.38. The normalized spacial score (nSPS) is 15.4. The van der Waals surface area contributed by atoms with Crippen LogP contribution in [0.5, 0.6) is 0 Å². The van der Waals surface area contributed by atoms with Crippen molar-refractivity contribution in [3.05, 3.63) is 21.3 Å². The number of aliphatic hydroxyl groups is 1. The molecule has 4 heteroatoms. The van der Waals surface area contributed by atoms with Crippen molar-refractivity contribution in [2.24, 2.45) is 11.1 Å². The molecule has 1 aromatic rings. The van der Waals surface area contributed by atoms with Gasteiger partial charge in [-0.15, -0.1) is 11.3 Å². The van der Waals surface area contributed by atoms with E-state index in [1.807, 2.05) is 12.1 Å². The van der Waals surface area contributed by atoms with Gasteiger partial charge in [-0.3, -0.25) is 0 Å². The summed E-state index contributed by atoms with van der Waals surface area (Å²) in [4.78, 5) is 1.19. The second-order valence-corrected chi connectivity index (χ2v) is 5.40. The van der Waals surface area contributed by atoms with Gasteiger partial charge in [-0.1, -0.05) is 18.5 Å². The van der Waals surface area contributed by atoms with E-state index in [2.05, 4.69) is 6.92 Å². The molecule has 80 valence electrons. The Labute approximate surface area is 93.7 Å². The van der Waals surface area contributed by atoms with Crippen molar-refractivity contribution < 1.29 is 5.11 Å². The second kappa shape index (κ2) is 5.12. The standard InChI is InChI=1S/C10H16ClNOS/c1-2-10(6-12,7-13)5-8-3-4-9(11)14-8/h3-4,13H,2,5-7,12H2,1H3. The Morgan fingerprint density at radius 2 is 2.29 bits per heavy atom. The van der Waals surface area contributed by atoms with Gasteiger partial charge in [-0.05, 0) is 25.0 Å². The van der Waals surface area contributed by atoms with E-state index in [4.69, 9.17) is 17.3 Å². The van der Waals surface area contributed by atoms with E-state index >= 15 is 0 Å². The molecule has 0 aromatic carbocycles. The van der Waals surface area contributed by atoms with E-state index in [0.29, 0.717) is 6.54 Å². The highest BCUT2D eigenvalue weighted by atomic mass is 35.5. The maximum atomic E-state index is 9.34. The zero-order valence-corrected chi connectivity index (χ0v) is 9.87. The number of hydrogen-bond acceptors (Lipinski definition) is 3. The second-order valence-electron chi connectivity index (χ2n) is 3.60. The summed E-state index contributed by atoms with van der Waals surface area (Å²) in [5.74, 6) is 0. The lowest BCUT2D eigenvalue weighted by molar-refractivity contribution is 0.128. The Balaban J connectivity index is 2.73. The average Bonchev–Trinajstić information content (AvgIpc) is 2.61. The van der Waals surface area contributed by atoms with Gasteiger partial charge < -0.3 is 10.8 Å². The molecule has 0 radical (unpaired) electrons. The molecule has 0 saturated heterocycles. The van der Waals surface area contributed by atoms with E-state index in [1.54, 1.807) is 11.3 Å². The highest BCUT2D eigenvalue weighted by molar-refractivity contribution is 7.16. The largest absolute Gasteiger partial charge is 0.396 e. The summed E-state index contributed by atoms with van der Waals surface area (Å²) >= 11 is 7.40. The number of rotatable bonds is 5. The van der Waals surface area contributed by atoms with E-state index in [-0.39, 0.29) is 12.0 Å². The summed E-state index contributed by atoms with van der Waals surface area (Å²) in [6.07, 6.45) is 1.70. The molecule has 1 atom stereocenters. The predicted octanol–water partition coefficient (Wildman–Crippen LogP) is 2.29. The molecule has 1 unspecified atom stereocenters. The highest BCUT2D eigenvalue weighted by Crippen LogP contribution is 2.30. The first-order valence-electron chi connectivity index (χ1n) is 4.71. The van der Waals surface area contributed by atoms with E-state index in [9.17, 15) is 5.11 Å². The SMILES string of the molecule is CCC(CN)(CO)Cc1ccc(Cl)s1. The van der Waals surface area contributed by atoms with Crippen LogP contribution in [0.1, 0.15) is 18.2 Å². The summed E-state index contributed by atoms with van der Waals surface area (Å²) < 4.78 is 0.792. The molecule has 0 fully saturated rings. The third kappa shape index (κ3) is 2.70.